The van der Waals surface area contributed by atoms with Crippen molar-refractivity contribution in [3.05, 3.63) is 47.3 Å². The van der Waals surface area contributed by atoms with Gasteiger partial charge in [-0.15, -0.1) is 0 Å². The summed E-state index contributed by atoms with van der Waals surface area (Å²) in [5.41, 5.74) is 4.74. The zero-order valence-corrected chi connectivity index (χ0v) is 9.91. The Morgan fingerprint density at radius 1 is 1.19 bits per heavy atom. The van der Waals surface area contributed by atoms with Crippen LogP contribution in [0.1, 0.15) is 29.8 Å². The largest absolute Gasteiger partial charge is 0.378 e. The van der Waals surface area contributed by atoms with Crippen LogP contribution in [-0.2, 0) is 0 Å². The fourth-order valence-corrected chi connectivity index (χ4v) is 1.77. The number of aromatic nitrogens is 2. The molecule has 0 amide bonds. The van der Waals surface area contributed by atoms with Crippen molar-refractivity contribution < 1.29 is 0 Å². The lowest BCUT2D eigenvalue weighted by Gasteiger charge is -2.14. The molecule has 1 heterocycles. The van der Waals surface area contributed by atoms with Crippen LogP contribution >= 0.6 is 0 Å². The lowest BCUT2D eigenvalue weighted by atomic mass is 10.1. The minimum atomic E-state index is 0.265. The van der Waals surface area contributed by atoms with E-state index in [1.165, 1.54) is 11.1 Å². The molecule has 0 saturated carbocycles. The van der Waals surface area contributed by atoms with Crippen LogP contribution in [0, 0.1) is 13.8 Å². The summed E-state index contributed by atoms with van der Waals surface area (Å²) in [4.78, 5) is 0. The van der Waals surface area contributed by atoms with Crippen LogP contribution in [0.15, 0.2) is 30.5 Å². The number of hydrogen-bond acceptors (Lipinski definition) is 2. The van der Waals surface area contributed by atoms with Gasteiger partial charge in [0.05, 0.1) is 12.2 Å². The van der Waals surface area contributed by atoms with E-state index in [-0.39, 0.29) is 6.04 Å². The zero-order valence-electron chi connectivity index (χ0n) is 9.91. The van der Waals surface area contributed by atoms with Gasteiger partial charge in [-0.3, -0.25) is 5.10 Å². The van der Waals surface area contributed by atoms with Crippen LogP contribution in [0.25, 0.3) is 0 Å². The molecule has 0 radical (unpaired) electrons. The first kappa shape index (κ1) is 10.7. The number of H-pyrrole nitrogens is 1. The molecule has 3 nitrogen and oxygen atoms in total. The number of aromatic amines is 1. The van der Waals surface area contributed by atoms with E-state index in [2.05, 4.69) is 53.6 Å². The van der Waals surface area contributed by atoms with Gasteiger partial charge in [-0.05, 0) is 32.9 Å². The van der Waals surface area contributed by atoms with E-state index in [1.54, 1.807) is 0 Å². The normalized spacial score (nSPS) is 12.4. The van der Waals surface area contributed by atoms with Crippen molar-refractivity contribution >= 4 is 5.69 Å². The van der Waals surface area contributed by atoms with Gasteiger partial charge in [0.1, 0.15) is 0 Å². The summed E-state index contributed by atoms with van der Waals surface area (Å²) in [6.07, 6.45) is 1.88. The van der Waals surface area contributed by atoms with Gasteiger partial charge in [-0.2, -0.15) is 5.10 Å². The van der Waals surface area contributed by atoms with Crippen LogP contribution < -0.4 is 5.32 Å². The Hall–Kier alpha value is -1.77. The third kappa shape index (κ3) is 2.24. The Bertz CT molecular complexity index is 456. The summed E-state index contributed by atoms with van der Waals surface area (Å²) in [5, 5.41) is 10.4. The Labute approximate surface area is 95.9 Å². The van der Waals surface area contributed by atoms with Crippen molar-refractivity contribution in [2.24, 2.45) is 0 Å². The molecule has 1 unspecified atom stereocenters. The summed E-state index contributed by atoms with van der Waals surface area (Å²) in [5.74, 6) is 0. The van der Waals surface area contributed by atoms with Crippen molar-refractivity contribution in [3.63, 3.8) is 0 Å². The molecule has 0 saturated heterocycles. The average Bonchev–Trinajstić information content (AvgIpc) is 2.68. The predicted molar refractivity (Wildman–Crippen MR) is 66.5 cm³/mol. The molecule has 1 atom stereocenters. The second-order valence-electron chi connectivity index (χ2n) is 4.18. The molecule has 0 fully saturated rings. The average molecular weight is 215 g/mol. The zero-order chi connectivity index (χ0) is 11.5. The highest BCUT2D eigenvalue weighted by Gasteiger charge is 2.09. The smallest absolute Gasteiger partial charge is 0.0542 e. The van der Waals surface area contributed by atoms with Gasteiger partial charge < -0.3 is 5.32 Å². The number of aryl methyl sites for hydroxylation is 2. The topological polar surface area (TPSA) is 40.7 Å². The van der Waals surface area contributed by atoms with Crippen LogP contribution in [0.3, 0.4) is 0 Å². The lowest BCUT2D eigenvalue weighted by Crippen LogP contribution is -2.06. The molecule has 1 aromatic heterocycles. The summed E-state index contributed by atoms with van der Waals surface area (Å²) in [6, 6.07) is 8.68. The Morgan fingerprint density at radius 2 is 1.88 bits per heavy atom. The van der Waals surface area contributed by atoms with Gasteiger partial charge in [-0.25, -0.2) is 0 Å². The molecule has 0 aliphatic heterocycles. The van der Waals surface area contributed by atoms with E-state index in [4.69, 9.17) is 0 Å². The van der Waals surface area contributed by atoms with E-state index in [0.29, 0.717) is 0 Å². The summed E-state index contributed by atoms with van der Waals surface area (Å²) in [7, 11) is 0. The lowest BCUT2D eigenvalue weighted by molar-refractivity contribution is 0.874. The third-order valence-corrected chi connectivity index (χ3v) is 2.77. The number of hydrogen-bond donors (Lipinski definition) is 2. The first-order chi connectivity index (χ1) is 7.66. The van der Waals surface area contributed by atoms with Crippen LogP contribution in [0.5, 0.6) is 0 Å². The van der Waals surface area contributed by atoms with E-state index in [0.717, 1.165) is 11.4 Å². The van der Waals surface area contributed by atoms with Crippen molar-refractivity contribution in [3.8, 4) is 0 Å². The molecular formula is C13H17N3. The van der Waals surface area contributed by atoms with Crippen molar-refractivity contribution in [2.45, 2.75) is 26.8 Å². The molecular weight excluding hydrogens is 198 g/mol. The van der Waals surface area contributed by atoms with E-state index in [1.807, 2.05) is 13.1 Å². The highest BCUT2D eigenvalue weighted by Crippen LogP contribution is 2.20. The van der Waals surface area contributed by atoms with E-state index >= 15 is 0 Å². The molecule has 2 N–H and O–H groups in total. The van der Waals surface area contributed by atoms with Gasteiger partial charge >= 0.3 is 0 Å². The molecule has 84 valence electrons. The van der Waals surface area contributed by atoms with Crippen molar-refractivity contribution in [2.75, 3.05) is 5.32 Å². The first-order valence-electron chi connectivity index (χ1n) is 5.50. The van der Waals surface area contributed by atoms with Crippen LogP contribution in [0.4, 0.5) is 5.69 Å². The number of rotatable bonds is 3. The van der Waals surface area contributed by atoms with Crippen LogP contribution in [0.2, 0.25) is 0 Å². The summed E-state index contributed by atoms with van der Waals surface area (Å²) < 4.78 is 0. The maximum atomic E-state index is 4.03. The molecule has 0 aliphatic rings. The number of nitrogens with one attached hydrogen (secondary N) is 2. The molecule has 3 heteroatoms. The molecule has 0 spiro atoms. The quantitative estimate of drug-likeness (QED) is 0.825. The fraction of sp³-hybridized carbons (Fsp3) is 0.308. The minimum Gasteiger partial charge on any atom is -0.378 e. The van der Waals surface area contributed by atoms with Gasteiger partial charge in [0, 0.05) is 16.9 Å². The Balaban J connectivity index is 2.10. The predicted octanol–water partition coefficient (Wildman–Crippen LogP) is 3.20. The number of anilines is 1. The minimum absolute atomic E-state index is 0.265. The van der Waals surface area contributed by atoms with E-state index < -0.39 is 0 Å². The number of benzene rings is 1. The monoisotopic (exact) mass is 215 g/mol. The highest BCUT2D eigenvalue weighted by molar-refractivity contribution is 5.46. The van der Waals surface area contributed by atoms with Crippen molar-refractivity contribution in [1.82, 2.24) is 10.2 Å². The second kappa shape index (κ2) is 4.39. The summed E-state index contributed by atoms with van der Waals surface area (Å²) in [6.45, 7) is 6.26. The van der Waals surface area contributed by atoms with Gasteiger partial charge in [0.15, 0.2) is 0 Å². The maximum Gasteiger partial charge on any atom is 0.0542 e. The molecule has 2 rings (SSSR count). The Kier molecular flexibility index (Phi) is 2.95. The third-order valence-electron chi connectivity index (χ3n) is 2.77. The molecule has 2 aromatic rings. The van der Waals surface area contributed by atoms with Gasteiger partial charge in [0.2, 0.25) is 0 Å². The molecule has 16 heavy (non-hydrogen) atoms. The van der Waals surface area contributed by atoms with Crippen molar-refractivity contribution in [1.29, 1.82) is 0 Å². The highest BCUT2D eigenvalue weighted by atomic mass is 15.1. The summed E-state index contributed by atoms with van der Waals surface area (Å²) >= 11 is 0. The Morgan fingerprint density at radius 3 is 2.44 bits per heavy atom. The van der Waals surface area contributed by atoms with Crippen LogP contribution in [-0.4, -0.2) is 10.2 Å². The maximum absolute atomic E-state index is 4.03. The van der Waals surface area contributed by atoms with Gasteiger partial charge in [-0.1, -0.05) is 17.7 Å². The molecule has 0 bridgehead atoms. The number of nitrogens with zero attached hydrogens (tertiary/aromatic N) is 1. The fourth-order valence-electron chi connectivity index (χ4n) is 1.77. The standard InChI is InChI=1S/C13H17N3/c1-9-4-6-12(7-5-9)15-10(2)13-8-14-16-11(13)3/h4-8,10,15H,1-3H3,(H,14,16). The molecule has 1 aromatic carbocycles. The molecule has 0 aliphatic carbocycles. The first-order valence-corrected chi connectivity index (χ1v) is 5.50. The van der Waals surface area contributed by atoms with E-state index in [9.17, 15) is 0 Å². The van der Waals surface area contributed by atoms with Gasteiger partial charge in [0.25, 0.3) is 0 Å². The SMILES string of the molecule is Cc1ccc(NC(C)c2cn[nH]c2C)cc1. The second-order valence-corrected chi connectivity index (χ2v) is 4.18.